The number of halogens is 1. The Morgan fingerprint density at radius 3 is 2.29 bits per heavy atom. The van der Waals surface area contributed by atoms with Crippen LogP contribution in [0.1, 0.15) is 45.0 Å². The van der Waals surface area contributed by atoms with E-state index in [1.807, 2.05) is 23.4 Å². The van der Waals surface area contributed by atoms with E-state index in [9.17, 15) is 4.79 Å². The summed E-state index contributed by atoms with van der Waals surface area (Å²) in [4.78, 5) is 14.0. The quantitative estimate of drug-likeness (QED) is 0.787. The van der Waals surface area contributed by atoms with E-state index >= 15 is 0 Å². The molecule has 17 heavy (non-hydrogen) atoms. The van der Waals surface area contributed by atoms with Crippen molar-refractivity contribution in [2.75, 3.05) is 13.1 Å². The third kappa shape index (κ3) is 3.00. The van der Waals surface area contributed by atoms with Crippen LogP contribution in [-0.4, -0.2) is 33.7 Å². The third-order valence-corrected chi connectivity index (χ3v) is 3.67. The first-order chi connectivity index (χ1) is 7.82. The zero-order chi connectivity index (χ0) is 13.2. The highest BCUT2D eigenvalue weighted by Crippen LogP contribution is 2.21. The Morgan fingerprint density at radius 2 is 1.94 bits per heavy atom. The second-order valence-electron chi connectivity index (χ2n) is 4.91. The second kappa shape index (κ2) is 5.37. The van der Waals surface area contributed by atoms with Gasteiger partial charge in [0.15, 0.2) is 0 Å². The number of carbonyl (C=O) groups is 1. The molecule has 0 aliphatic rings. The topological polar surface area (TPSA) is 38.1 Å². The standard InChI is InChI=1S/C12H20IN3O/c1-6-15(7-2)11(17)9-8-14-16(10(9)13)12(3,4)5/h8H,6-7H2,1-5H3. The van der Waals surface area contributed by atoms with Gasteiger partial charge in [-0.25, -0.2) is 0 Å². The number of hydrogen-bond acceptors (Lipinski definition) is 2. The van der Waals surface area contributed by atoms with Gasteiger partial charge in [-0.1, -0.05) is 0 Å². The van der Waals surface area contributed by atoms with Crippen molar-refractivity contribution < 1.29 is 4.79 Å². The number of amides is 1. The summed E-state index contributed by atoms with van der Waals surface area (Å²) >= 11 is 2.20. The van der Waals surface area contributed by atoms with Crippen molar-refractivity contribution in [1.82, 2.24) is 14.7 Å². The van der Waals surface area contributed by atoms with Crippen LogP contribution in [0.25, 0.3) is 0 Å². The Hall–Kier alpha value is -0.590. The predicted molar refractivity (Wildman–Crippen MR) is 77.2 cm³/mol. The summed E-state index contributed by atoms with van der Waals surface area (Å²) in [5, 5.41) is 4.32. The van der Waals surface area contributed by atoms with E-state index in [0.717, 1.165) is 16.8 Å². The van der Waals surface area contributed by atoms with Crippen LogP contribution in [0.5, 0.6) is 0 Å². The molecular formula is C12H20IN3O. The molecule has 5 heteroatoms. The number of aromatic nitrogens is 2. The van der Waals surface area contributed by atoms with Crippen molar-refractivity contribution in [2.45, 2.75) is 40.2 Å². The average Bonchev–Trinajstić information content (AvgIpc) is 2.61. The molecule has 0 bridgehead atoms. The summed E-state index contributed by atoms with van der Waals surface area (Å²) in [5.41, 5.74) is 0.599. The van der Waals surface area contributed by atoms with Crippen molar-refractivity contribution >= 4 is 28.5 Å². The fraction of sp³-hybridized carbons (Fsp3) is 0.667. The van der Waals surface area contributed by atoms with Gasteiger partial charge >= 0.3 is 0 Å². The van der Waals surface area contributed by atoms with Crippen LogP contribution in [0.4, 0.5) is 0 Å². The fourth-order valence-corrected chi connectivity index (χ4v) is 2.84. The molecule has 1 rings (SSSR count). The van der Waals surface area contributed by atoms with E-state index in [4.69, 9.17) is 0 Å². The Kier molecular flexibility index (Phi) is 4.57. The van der Waals surface area contributed by atoms with Crippen LogP contribution < -0.4 is 0 Å². The summed E-state index contributed by atoms with van der Waals surface area (Å²) in [6, 6.07) is 0. The molecule has 4 nitrogen and oxygen atoms in total. The van der Waals surface area contributed by atoms with Gasteiger partial charge in [0.05, 0.1) is 17.3 Å². The maximum absolute atomic E-state index is 12.2. The molecule has 0 aromatic carbocycles. The third-order valence-electron chi connectivity index (χ3n) is 2.63. The zero-order valence-corrected chi connectivity index (χ0v) is 13.3. The van der Waals surface area contributed by atoms with Crippen molar-refractivity contribution in [3.8, 4) is 0 Å². The molecule has 0 saturated heterocycles. The predicted octanol–water partition coefficient (Wildman–Crippen LogP) is 2.72. The van der Waals surface area contributed by atoms with Crippen LogP contribution in [0.3, 0.4) is 0 Å². The SMILES string of the molecule is CCN(CC)C(=O)c1cnn(C(C)(C)C)c1I. The van der Waals surface area contributed by atoms with E-state index < -0.39 is 0 Å². The molecule has 0 radical (unpaired) electrons. The first kappa shape index (κ1) is 14.5. The lowest BCUT2D eigenvalue weighted by Crippen LogP contribution is -2.31. The molecule has 0 N–H and O–H groups in total. The van der Waals surface area contributed by atoms with Gasteiger partial charge in [0.2, 0.25) is 0 Å². The minimum atomic E-state index is -0.0989. The van der Waals surface area contributed by atoms with Crippen LogP contribution in [0, 0.1) is 3.70 Å². The average molecular weight is 349 g/mol. The number of carbonyl (C=O) groups excluding carboxylic acids is 1. The first-order valence-electron chi connectivity index (χ1n) is 5.86. The van der Waals surface area contributed by atoms with Gasteiger partial charge in [-0.05, 0) is 57.2 Å². The Labute approximate surface area is 117 Å². The highest BCUT2D eigenvalue weighted by molar-refractivity contribution is 14.1. The molecule has 0 aliphatic carbocycles. The van der Waals surface area contributed by atoms with Gasteiger partial charge < -0.3 is 4.90 Å². The van der Waals surface area contributed by atoms with Crippen molar-refractivity contribution in [1.29, 1.82) is 0 Å². The minimum absolute atomic E-state index is 0.0647. The lowest BCUT2D eigenvalue weighted by molar-refractivity contribution is 0.0771. The Bertz CT molecular complexity index is 402. The molecule has 0 aliphatic heterocycles. The van der Waals surface area contributed by atoms with E-state index in [0.29, 0.717) is 5.56 Å². The summed E-state index contributed by atoms with van der Waals surface area (Å²) in [6.45, 7) is 11.7. The second-order valence-corrected chi connectivity index (χ2v) is 5.93. The zero-order valence-electron chi connectivity index (χ0n) is 11.1. The normalized spacial score (nSPS) is 11.6. The molecule has 1 heterocycles. The Balaban J connectivity index is 3.09. The lowest BCUT2D eigenvalue weighted by Gasteiger charge is -2.21. The minimum Gasteiger partial charge on any atom is -0.339 e. The highest BCUT2D eigenvalue weighted by Gasteiger charge is 2.24. The number of nitrogens with zero attached hydrogens (tertiary/aromatic N) is 3. The van der Waals surface area contributed by atoms with Crippen LogP contribution in [0.15, 0.2) is 6.20 Å². The monoisotopic (exact) mass is 349 g/mol. The van der Waals surface area contributed by atoms with Gasteiger partial charge in [-0.15, -0.1) is 0 Å². The number of hydrogen-bond donors (Lipinski definition) is 0. The Morgan fingerprint density at radius 1 is 1.41 bits per heavy atom. The molecule has 0 fully saturated rings. The molecule has 0 atom stereocenters. The molecule has 0 unspecified atom stereocenters. The van der Waals surface area contributed by atoms with E-state index in [1.54, 1.807) is 6.20 Å². The molecule has 1 amide bonds. The van der Waals surface area contributed by atoms with Gasteiger partial charge in [-0.2, -0.15) is 5.10 Å². The maximum Gasteiger partial charge on any atom is 0.258 e. The summed E-state index contributed by atoms with van der Waals surface area (Å²) in [7, 11) is 0. The molecule has 96 valence electrons. The summed E-state index contributed by atoms with van der Waals surface area (Å²) < 4.78 is 2.80. The molecule has 0 spiro atoms. The smallest absolute Gasteiger partial charge is 0.258 e. The van der Waals surface area contributed by atoms with Gasteiger partial charge in [0, 0.05) is 13.1 Å². The molecule has 1 aromatic rings. The van der Waals surface area contributed by atoms with Gasteiger partial charge in [-0.3, -0.25) is 9.48 Å². The summed E-state index contributed by atoms with van der Waals surface area (Å²) in [6.07, 6.45) is 1.67. The fourth-order valence-electron chi connectivity index (χ4n) is 1.63. The van der Waals surface area contributed by atoms with E-state index in [2.05, 4.69) is 48.5 Å². The van der Waals surface area contributed by atoms with Crippen molar-refractivity contribution in [3.05, 3.63) is 15.5 Å². The molecule has 1 aromatic heterocycles. The van der Waals surface area contributed by atoms with E-state index in [-0.39, 0.29) is 11.4 Å². The van der Waals surface area contributed by atoms with Crippen LogP contribution >= 0.6 is 22.6 Å². The van der Waals surface area contributed by atoms with Crippen LogP contribution in [0.2, 0.25) is 0 Å². The highest BCUT2D eigenvalue weighted by atomic mass is 127. The molecule has 0 saturated carbocycles. The largest absolute Gasteiger partial charge is 0.339 e. The summed E-state index contributed by atoms with van der Waals surface area (Å²) in [5.74, 6) is 0.0647. The first-order valence-corrected chi connectivity index (χ1v) is 6.94. The van der Waals surface area contributed by atoms with Crippen molar-refractivity contribution in [2.24, 2.45) is 0 Å². The van der Waals surface area contributed by atoms with Gasteiger partial charge in [0.25, 0.3) is 5.91 Å². The van der Waals surface area contributed by atoms with Crippen LogP contribution in [-0.2, 0) is 5.54 Å². The van der Waals surface area contributed by atoms with E-state index in [1.165, 1.54) is 0 Å². The number of rotatable bonds is 3. The van der Waals surface area contributed by atoms with Gasteiger partial charge in [0.1, 0.15) is 3.70 Å². The molecular weight excluding hydrogens is 329 g/mol. The lowest BCUT2D eigenvalue weighted by atomic mass is 10.1. The maximum atomic E-state index is 12.2. The van der Waals surface area contributed by atoms with Crippen molar-refractivity contribution in [3.63, 3.8) is 0 Å².